The molecule has 24 heavy (non-hydrogen) atoms. The third-order valence-corrected chi connectivity index (χ3v) is 3.82. The van der Waals surface area contributed by atoms with E-state index in [1.807, 2.05) is 66.7 Å². The quantitative estimate of drug-likeness (QED) is 0.495. The van der Waals surface area contributed by atoms with E-state index in [-0.39, 0.29) is 5.97 Å². The highest BCUT2D eigenvalue weighted by molar-refractivity contribution is 5.97. The molecule has 0 aliphatic heterocycles. The van der Waals surface area contributed by atoms with Crippen LogP contribution in [-0.4, -0.2) is 17.6 Å². The Kier molecular flexibility index (Phi) is 5.36. The van der Waals surface area contributed by atoms with Crippen molar-refractivity contribution >= 4 is 5.97 Å². The molecule has 3 nitrogen and oxygen atoms in total. The van der Waals surface area contributed by atoms with Crippen LogP contribution in [0.4, 0.5) is 0 Å². The average molecular weight is 317 g/mol. The summed E-state index contributed by atoms with van der Waals surface area (Å²) in [4.78, 5) is 16.4. The minimum Gasteiger partial charge on any atom is -0.462 e. The first-order chi connectivity index (χ1) is 11.8. The Hall–Kier alpha value is -2.94. The summed E-state index contributed by atoms with van der Waals surface area (Å²) in [6, 6.07) is 21.4. The van der Waals surface area contributed by atoms with E-state index < -0.39 is 0 Å². The highest BCUT2D eigenvalue weighted by atomic mass is 16.5. The van der Waals surface area contributed by atoms with Crippen LogP contribution >= 0.6 is 0 Å². The fourth-order valence-electron chi connectivity index (χ4n) is 2.60. The van der Waals surface area contributed by atoms with Gasteiger partial charge in [0, 0.05) is 12.4 Å². The minimum absolute atomic E-state index is 0.274. The van der Waals surface area contributed by atoms with E-state index >= 15 is 0 Å². The molecule has 3 aromatic rings. The number of ether oxygens (including phenoxy) is 1. The highest BCUT2D eigenvalue weighted by Crippen LogP contribution is 2.24. The molecule has 1 heterocycles. The Morgan fingerprint density at radius 3 is 2.38 bits per heavy atom. The standard InChI is InChI=1S/C21H19NO2/c23-21(24-16-6-7-17-12-14-22-15-13-17)20-11-5-4-10-19(20)18-8-2-1-3-9-18/h1-5,8-15H,6-7,16H2. The summed E-state index contributed by atoms with van der Waals surface area (Å²) in [5.74, 6) is -0.274. The second-order valence-corrected chi connectivity index (χ2v) is 5.51. The zero-order valence-corrected chi connectivity index (χ0v) is 13.4. The van der Waals surface area contributed by atoms with E-state index in [0.29, 0.717) is 12.2 Å². The van der Waals surface area contributed by atoms with Gasteiger partial charge in [-0.2, -0.15) is 0 Å². The number of pyridine rings is 1. The lowest BCUT2D eigenvalue weighted by molar-refractivity contribution is 0.0501. The minimum atomic E-state index is -0.274. The molecule has 3 heteroatoms. The van der Waals surface area contributed by atoms with Gasteiger partial charge in [-0.05, 0) is 47.7 Å². The summed E-state index contributed by atoms with van der Waals surface area (Å²) in [6.07, 6.45) is 5.22. The van der Waals surface area contributed by atoms with Crippen molar-refractivity contribution in [3.8, 4) is 11.1 Å². The van der Waals surface area contributed by atoms with Gasteiger partial charge in [-0.1, -0.05) is 48.5 Å². The number of hydrogen-bond acceptors (Lipinski definition) is 3. The lowest BCUT2D eigenvalue weighted by atomic mass is 10.00. The first-order valence-electron chi connectivity index (χ1n) is 8.05. The number of benzene rings is 2. The number of aromatic nitrogens is 1. The van der Waals surface area contributed by atoms with E-state index in [4.69, 9.17) is 4.74 Å². The van der Waals surface area contributed by atoms with Gasteiger partial charge in [-0.15, -0.1) is 0 Å². The summed E-state index contributed by atoms with van der Waals surface area (Å²) in [7, 11) is 0. The smallest absolute Gasteiger partial charge is 0.338 e. The fourth-order valence-corrected chi connectivity index (χ4v) is 2.60. The third-order valence-electron chi connectivity index (χ3n) is 3.82. The summed E-state index contributed by atoms with van der Waals surface area (Å²) in [6.45, 7) is 0.407. The number of esters is 1. The van der Waals surface area contributed by atoms with Crippen LogP contribution in [0.15, 0.2) is 79.1 Å². The number of aryl methyl sites for hydroxylation is 1. The lowest BCUT2D eigenvalue weighted by Gasteiger charge is -2.10. The molecule has 0 saturated carbocycles. The molecule has 120 valence electrons. The molecule has 0 amide bonds. The maximum Gasteiger partial charge on any atom is 0.338 e. The van der Waals surface area contributed by atoms with Crippen LogP contribution in [0.5, 0.6) is 0 Å². The van der Waals surface area contributed by atoms with E-state index in [1.54, 1.807) is 12.4 Å². The predicted molar refractivity (Wildman–Crippen MR) is 94.7 cm³/mol. The van der Waals surface area contributed by atoms with Crippen LogP contribution in [0.25, 0.3) is 11.1 Å². The Labute approximate surface area is 142 Å². The Balaban J connectivity index is 1.61. The Morgan fingerprint density at radius 2 is 1.58 bits per heavy atom. The maximum atomic E-state index is 12.4. The second-order valence-electron chi connectivity index (χ2n) is 5.51. The monoisotopic (exact) mass is 317 g/mol. The predicted octanol–water partition coefficient (Wildman–Crippen LogP) is 4.54. The molecule has 0 bridgehead atoms. The number of carbonyl (C=O) groups excluding carboxylic acids is 1. The Morgan fingerprint density at radius 1 is 0.875 bits per heavy atom. The molecular formula is C21H19NO2. The van der Waals surface area contributed by atoms with Gasteiger partial charge < -0.3 is 4.74 Å². The van der Waals surface area contributed by atoms with Crippen LogP contribution in [0.1, 0.15) is 22.3 Å². The van der Waals surface area contributed by atoms with Crippen molar-refractivity contribution in [2.45, 2.75) is 12.8 Å². The molecule has 0 N–H and O–H groups in total. The molecule has 0 unspecified atom stereocenters. The van der Waals surface area contributed by atoms with Gasteiger partial charge in [0.15, 0.2) is 0 Å². The summed E-state index contributed by atoms with van der Waals surface area (Å²) in [5, 5.41) is 0. The van der Waals surface area contributed by atoms with Crippen molar-refractivity contribution in [1.29, 1.82) is 0 Å². The van der Waals surface area contributed by atoms with Crippen LogP contribution in [0.2, 0.25) is 0 Å². The van der Waals surface area contributed by atoms with Crippen LogP contribution in [-0.2, 0) is 11.2 Å². The molecule has 0 atom stereocenters. The molecule has 1 aromatic heterocycles. The van der Waals surface area contributed by atoms with Crippen molar-refractivity contribution in [2.24, 2.45) is 0 Å². The number of hydrogen-bond donors (Lipinski definition) is 0. The van der Waals surface area contributed by atoms with Crippen molar-refractivity contribution in [2.75, 3.05) is 6.61 Å². The van der Waals surface area contributed by atoms with Crippen molar-refractivity contribution in [1.82, 2.24) is 4.98 Å². The zero-order chi connectivity index (χ0) is 16.6. The molecule has 0 aliphatic rings. The van der Waals surface area contributed by atoms with Gasteiger partial charge in [0.2, 0.25) is 0 Å². The molecule has 3 rings (SSSR count). The highest BCUT2D eigenvalue weighted by Gasteiger charge is 2.13. The molecule has 0 aliphatic carbocycles. The Bertz CT molecular complexity index is 785. The number of rotatable bonds is 6. The van der Waals surface area contributed by atoms with Gasteiger partial charge in [0.05, 0.1) is 12.2 Å². The molecule has 0 fully saturated rings. The van der Waals surface area contributed by atoms with Crippen molar-refractivity contribution in [3.63, 3.8) is 0 Å². The number of nitrogens with zero attached hydrogens (tertiary/aromatic N) is 1. The van der Waals surface area contributed by atoms with Gasteiger partial charge in [-0.3, -0.25) is 4.98 Å². The van der Waals surface area contributed by atoms with Crippen molar-refractivity contribution < 1.29 is 9.53 Å². The second kappa shape index (κ2) is 8.06. The van der Waals surface area contributed by atoms with Crippen LogP contribution in [0, 0.1) is 0 Å². The van der Waals surface area contributed by atoms with E-state index in [9.17, 15) is 4.79 Å². The van der Waals surface area contributed by atoms with E-state index in [2.05, 4.69) is 4.98 Å². The average Bonchev–Trinajstić information content (AvgIpc) is 2.66. The van der Waals surface area contributed by atoms with E-state index in [1.165, 1.54) is 5.56 Å². The molecule has 0 radical (unpaired) electrons. The number of carbonyl (C=O) groups is 1. The molecular weight excluding hydrogens is 298 g/mol. The van der Waals surface area contributed by atoms with Crippen molar-refractivity contribution in [3.05, 3.63) is 90.3 Å². The normalized spacial score (nSPS) is 10.3. The summed E-state index contributed by atoms with van der Waals surface area (Å²) < 4.78 is 5.46. The van der Waals surface area contributed by atoms with Crippen LogP contribution in [0.3, 0.4) is 0 Å². The zero-order valence-electron chi connectivity index (χ0n) is 13.4. The SMILES string of the molecule is O=C(OCCCc1ccncc1)c1ccccc1-c1ccccc1. The first kappa shape index (κ1) is 15.9. The first-order valence-corrected chi connectivity index (χ1v) is 8.05. The third kappa shape index (κ3) is 4.07. The van der Waals surface area contributed by atoms with Crippen LogP contribution < -0.4 is 0 Å². The molecule has 0 spiro atoms. The van der Waals surface area contributed by atoms with Gasteiger partial charge in [0.25, 0.3) is 0 Å². The lowest BCUT2D eigenvalue weighted by Crippen LogP contribution is -2.08. The van der Waals surface area contributed by atoms with Gasteiger partial charge >= 0.3 is 5.97 Å². The maximum absolute atomic E-state index is 12.4. The topological polar surface area (TPSA) is 39.2 Å². The molecule has 0 saturated heterocycles. The fraction of sp³-hybridized carbons (Fsp3) is 0.143. The largest absolute Gasteiger partial charge is 0.462 e. The van der Waals surface area contributed by atoms with E-state index in [0.717, 1.165) is 24.0 Å². The van der Waals surface area contributed by atoms with Gasteiger partial charge in [-0.25, -0.2) is 4.79 Å². The summed E-state index contributed by atoms with van der Waals surface area (Å²) in [5.41, 5.74) is 3.72. The summed E-state index contributed by atoms with van der Waals surface area (Å²) >= 11 is 0. The van der Waals surface area contributed by atoms with Gasteiger partial charge in [0.1, 0.15) is 0 Å². The molecule has 2 aromatic carbocycles.